The Bertz CT molecular complexity index is 283. The van der Waals surface area contributed by atoms with Gasteiger partial charge in [-0.15, -0.1) is 0 Å². The predicted molar refractivity (Wildman–Crippen MR) is 104 cm³/mol. The summed E-state index contributed by atoms with van der Waals surface area (Å²) in [5.41, 5.74) is 0.747. The number of hydrogen-bond donors (Lipinski definition) is 2. The van der Waals surface area contributed by atoms with Gasteiger partial charge in [-0.3, -0.25) is 0 Å². The van der Waals surface area contributed by atoms with E-state index < -0.39 is 0 Å². The molecule has 0 heterocycles. The summed E-state index contributed by atoms with van der Waals surface area (Å²) in [6, 6.07) is 0. The van der Waals surface area contributed by atoms with Crippen LogP contribution < -0.4 is 0 Å². The van der Waals surface area contributed by atoms with Crippen LogP contribution >= 0.6 is 0 Å². The summed E-state index contributed by atoms with van der Waals surface area (Å²) in [5, 5.41) is 18.1. The molecule has 5 atom stereocenters. The molecule has 0 aliphatic heterocycles. The minimum atomic E-state index is -0.195. The topological polar surface area (TPSA) is 40.5 Å². The van der Waals surface area contributed by atoms with Gasteiger partial charge >= 0.3 is 0 Å². The SMILES string of the molecule is CC(CCO)CC(C)(C)C.CC(O)C(C)C(C)C(C)C(C)(C)C. The Morgan fingerprint density at radius 2 is 1.22 bits per heavy atom. The fraction of sp³-hybridized carbons (Fsp3) is 1.00. The highest BCUT2D eigenvalue weighted by molar-refractivity contribution is 4.79. The molecule has 0 saturated heterocycles. The monoisotopic (exact) mass is 330 g/mol. The van der Waals surface area contributed by atoms with E-state index in [4.69, 9.17) is 5.11 Å². The van der Waals surface area contributed by atoms with E-state index in [1.165, 1.54) is 6.42 Å². The van der Waals surface area contributed by atoms with Crippen LogP contribution in [0.4, 0.5) is 0 Å². The van der Waals surface area contributed by atoms with E-state index >= 15 is 0 Å². The Morgan fingerprint density at radius 3 is 1.48 bits per heavy atom. The lowest BCUT2D eigenvalue weighted by Crippen LogP contribution is -2.32. The molecule has 2 N–H and O–H groups in total. The molecular weight excluding hydrogens is 284 g/mol. The third kappa shape index (κ3) is 12.9. The normalized spacial score (nSPS) is 19.2. The van der Waals surface area contributed by atoms with Gasteiger partial charge in [0.05, 0.1) is 6.10 Å². The van der Waals surface area contributed by atoms with E-state index in [0.717, 1.165) is 6.42 Å². The van der Waals surface area contributed by atoms with Gasteiger partial charge in [-0.25, -0.2) is 0 Å². The first-order valence-corrected chi connectivity index (χ1v) is 9.42. The number of aliphatic hydroxyl groups is 2. The molecule has 0 saturated carbocycles. The minimum Gasteiger partial charge on any atom is -0.396 e. The lowest BCUT2D eigenvalue weighted by molar-refractivity contribution is 0.0554. The van der Waals surface area contributed by atoms with Gasteiger partial charge < -0.3 is 10.2 Å². The standard InChI is InChI=1S/C12H26O.C9H20O/c1-8(9(2)11(4)13)10(3)12(5,6)7;1-8(5-6-10)7-9(2,3)4/h8-11,13H,1-7H3;8,10H,5-7H2,1-4H3. The summed E-state index contributed by atoms with van der Waals surface area (Å²) >= 11 is 0. The summed E-state index contributed by atoms with van der Waals surface area (Å²) in [5.74, 6) is 2.25. The molecule has 2 nitrogen and oxygen atoms in total. The van der Waals surface area contributed by atoms with Crippen molar-refractivity contribution in [1.29, 1.82) is 0 Å². The first-order chi connectivity index (χ1) is 10.1. The fourth-order valence-electron chi connectivity index (χ4n) is 3.05. The van der Waals surface area contributed by atoms with Gasteiger partial charge in [0.2, 0.25) is 0 Å². The van der Waals surface area contributed by atoms with Crippen molar-refractivity contribution in [2.24, 2.45) is 34.5 Å². The van der Waals surface area contributed by atoms with Crippen molar-refractivity contribution in [3.8, 4) is 0 Å². The van der Waals surface area contributed by atoms with Crippen molar-refractivity contribution < 1.29 is 10.2 Å². The van der Waals surface area contributed by atoms with Crippen LogP contribution in [0.3, 0.4) is 0 Å². The molecule has 0 aromatic carbocycles. The summed E-state index contributed by atoms with van der Waals surface area (Å²) in [4.78, 5) is 0. The maximum absolute atomic E-state index is 9.51. The Morgan fingerprint density at radius 1 is 0.783 bits per heavy atom. The highest BCUT2D eigenvalue weighted by Crippen LogP contribution is 2.36. The van der Waals surface area contributed by atoms with Crippen molar-refractivity contribution in [3.63, 3.8) is 0 Å². The van der Waals surface area contributed by atoms with Crippen molar-refractivity contribution in [1.82, 2.24) is 0 Å². The highest BCUT2D eigenvalue weighted by atomic mass is 16.3. The van der Waals surface area contributed by atoms with Crippen LogP contribution in [-0.4, -0.2) is 22.9 Å². The number of hydrogen-bond acceptors (Lipinski definition) is 2. The van der Waals surface area contributed by atoms with E-state index in [1.54, 1.807) is 0 Å². The first-order valence-electron chi connectivity index (χ1n) is 9.42. The summed E-state index contributed by atoms with van der Waals surface area (Å²) in [6.07, 6.45) is 1.95. The minimum absolute atomic E-state index is 0.195. The molecule has 0 spiro atoms. The molecule has 0 aliphatic carbocycles. The van der Waals surface area contributed by atoms with Gasteiger partial charge in [-0.2, -0.15) is 0 Å². The van der Waals surface area contributed by atoms with Crippen LogP contribution in [0.15, 0.2) is 0 Å². The van der Waals surface area contributed by atoms with Gasteiger partial charge in [0.15, 0.2) is 0 Å². The molecule has 0 radical (unpaired) electrons. The Labute approximate surface area is 147 Å². The molecule has 23 heavy (non-hydrogen) atoms. The van der Waals surface area contributed by atoms with Crippen LogP contribution in [0.5, 0.6) is 0 Å². The van der Waals surface area contributed by atoms with Crippen molar-refractivity contribution in [3.05, 3.63) is 0 Å². The molecule has 0 rings (SSSR count). The van der Waals surface area contributed by atoms with Crippen molar-refractivity contribution in [2.75, 3.05) is 6.61 Å². The maximum atomic E-state index is 9.51. The second-order valence-electron chi connectivity index (χ2n) is 10.00. The van der Waals surface area contributed by atoms with Crippen LogP contribution in [0.1, 0.15) is 89.0 Å². The average Bonchev–Trinajstić information content (AvgIpc) is 2.33. The summed E-state index contributed by atoms with van der Waals surface area (Å²) in [6.45, 7) is 24.6. The van der Waals surface area contributed by atoms with Gasteiger partial charge in [0.25, 0.3) is 0 Å². The third-order valence-electron chi connectivity index (χ3n) is 5.33. The highest BCUT2D eigenvalue weighted by Gasteiger charge is 2.30. The molecule has 0 bridgehead atoms. The Balaban J connectivity index is 0. The van der Waals surface area contributed by atoms with E-state index in [0.29, 0.717) is 41.1 Å². The van der Waals surface area contributed by atoms with Crippen LogP contribution in [0.25, 0.3) is 0 Å². The zero-order valence-corrected chi connectivity index (χ0v) is 17.9. The molecule has 142 valence electrons. The Kier molecular flexibility index (Phi) is 11.7. The van der Waals surface area contributed by atoms with E-state index in [2.05, 4.69) is 69.2 Å². The lowest BCUT2D eigenvalue weighted by Gasteiger charge is -2.36. The van der Waals surface area contributed by atoms with Gasteiger partial charge in [0.1, 0.15) is 0 Å². The fourth-order valence-corrected chi connectivity index (χ4v) is 3.05. The number of rotatable bonds is 6. The Hall–Kier alpha value is -0.0800. The van der Waals surface area contributed by atoms with E-state index in [-0.39, 0.29) is 6.10 Å². The van der Waals surface area contributed by atoms with E-state index in [1.807, 2.05) is 6.92 Å². The lowest BCUT2D eigenvalue weighted by atomic mass is 9.70. The molecule has 0 aliphatic rings. The van der Waals surface area contributed by atoms with Gasteiger partial charge in [-0.1, -0.05) is 69.2 Å². The van der Waals surface area contributed by atoms with Crippen molar-refractivity contribution in [2.45, 2.75) is 95.1 Å². The quantitative estimate of drug-likeness (QED) is 0.649. The van der Waals surface area contributed by atoms with Crippen LogP contribution in [-0.2, 0) is 0 Å². The second kappa shape index (κ2) is 10.7. The van der Waals surface area contributed by atoms with Crippen molar-refractivity contribution >= 4 is 0 Å². The molecule has 5 unspecified atom stereocenters. The number of aliphatic hydroxyl groups excluding tert-OH is 2. The second-order valence-corrected chi connectivity index (χ2v) is 10.00. The zero-order chi connectivity index (χ0) is 19.0. The molecule has 0 fully saturated rings. The van der Waals surface area contributed by atoms with Crippen LogP contribution in [0, 0.1) is 34.5 Å². The molecule has 0 aromatic heterocycles. The average molecular weight is 331 g/mol. The predicted octanol–water partition coefficient (Wildman–Crippen LogP) is 5.76. The third-order valence-corrected chi connectivity index (χ3v) is 5.33. The molecule has 2 heteroatoms. The largest absolute Gasteiger partial charge is 0.396 e. The van der Waals surface area contributed by atoms with Crippen LogP contribution in [0.2, 0.25) is 0 Å². The van der Waals surface area contributed by atoms with E-state index in [9.17, 15) is 5.11 Å². The van der Waals surface area contributed by atoms with Gasteiger partial charge in [0, 0.05) is 6.61 Å². The zero-order valence-electron chi connectivity index (χ0n) is 17.9. The summed E-state index contributed by atoms with van der Waals surface area (Å²) in [7, 11) is 0. The van der Waals surface area contributed by atoms with Gasteiger partial charge in [-0.05, 0) is 54.3 Å². The smallest absolute Gasteiger partial charge is 0.0540 e. The molecule has 0 aromatic rings. The maximum Gasteiger partial charge on any atom is 0.0540 e. The first kappa shape index (κ1) is 25.2. The summed E-state index contributed by atoms with van der Waals surface area (Å²) < 4.78 is 0. The molecular formula is C21H46O2. The molecule has 0 amide bonds.